The summed E-state index contributed by atoms with van der Waals surface area (Å²) in [6, 6.07) is 0.960. The van der Waals surface area contributed by atoms with E-state index in [0.29, 0.717) is 12.5 Å². The highest BCUT2D eigenvalue weighted by Gasteiger charge is 2.25. The minimum absolute atomic E-state index is 0.135. The largest absolute Gasteiger partial charge is 0.354 e. The highest BCUT2D eigenvalue weighted by molar-refractivity contribution is 5.76. The lowest BCUT2D eigenvalue weighted by molar-refractivity contribution is -0.122. The maximum Gasteiger partial charge on any atom is 0.221 e. The molecule has 0 aliphatic heterocycles. The average Bonchev–Trinajstić information content (AvgIpc) is 2.25. The number of hydrogen-bond acceptors (Lipinski definition) is 3. The Morgan fingerprint density at radius 2 is 2.06 bits per heavy atom. The van der Waals surface area contributed by atoms with Crippen LogP contribution >= 0.6 is 0 Å². The molecule has 1 aliphatic carbocycles. The van der Waals surface area contributed by atoms with Gasteiger partial charge >= 0.3 is 0 Å². The number of nitrogens with one attached hydrogen (secondary N) is 1. The smallest absolute Gasteiger partial charge is 0.221 e. The zero-order valence-electron chi connectivity index (χ0n) is 11.4. The fraction of sp³-hybridized carbons (Fsp3) is 0.923. The Labute approximate surface area is 105 Å². The Morgan fingerprint density at radius 3 is 2.65 bits per heavy atom. The topological polar surface area (TPSA) is 58.4 Å². The summed E-state index contributed by atoms with van der Waals surface area (Å²) in [6.45, 7) is 4.77. The maximum atomic E-state index is 11.6. The second-order valence-corrected chi connectivity index (χ2v) is 5.47. The Bertz CT molecular complexity index is 243. The Balaban J connectivity index is 2.28. The van der Waals surface area contributed by atoms with Crippen molar-refractivity contribution in [3.8, 4) is 0 Å². The SMILES string of the molecule is CC(C)NC(=O)CCN(C)C1CCCCC1N. The molecule has 1 rings (SSSR count). The van der Waals surface area contributed by atoms with Gasteiger partial charge in [0.05, 0.1) is 0 Å². The average molecular weight is 241 g/mol. The van der Waals surface area contributed by atoms with Gasteiger partial charge in [0, 0.05) is 31.1 Å². The van der Waals surface area contributed by atoms with Crippen LogP contribution in [0.4, 0.5) is 0 Å². The Hall–Kier alpha value is -0.610. The molecule has 0 aromatic rings. The molecule has 1 amide bonds. The van der Waals surface area contributed by atoms with Gasteiger partial charge in [0.25, 0.3) is 0 Å². The lowest BCUT2D eigenvalue weighted by Gasteiger charge is -2.36. The van der Waals surface area contributed by atoms with Crippen molar-refractivity contribution >= 4 is 5.91 Å². The molecule has 100 valence electrons. The van der Waals surface area contributed by atoms with Crippen LogP contribution < -0.4 is 11.1 Å². The quantitative estimate of drug-likeness (QED) is 0.758. The van der Waals surface area contributed by atoms with Crippen LogP contribution in [-0.4, -0.2) is 42.5 Å². The summed E-state index contributed by atoms with van der Waals surface area (Å²) in [7, 11) is 2.08. The van der Waals surface area contributed by atoms with Gasteiger partial charge in [0.15, 0.2) is 0 Å². The first-order valence-corrected chi connectivity index (χ1v) is 6.76. The lowest BCUT2D eigenvalue weighted by atomic mass is 9.90. The number of nitrogens with zero attached hydrogens (tertiary/aromatic N) is 1. The third kappa shape index (κ3) is 5.04. The van der Waals surface area contributed by atoms with Crippen LogP contribution in [0.25, 0.3) is 0 Å². The van der Waals surface area contributed by atoms with Crippen molar-refractivity contribution < 1.29 is 4.79 Å². The normalized spacial score (nSPS) is 25.3. The van der Waals surface area contributed by atoms with E-state index in [1.165, 1.54) is 19.3 Å². The number of nitrogens with two attached hydrogens (primary N) is 1. The zero-order chi connectivity index (χ0) is 12.8. The molecule has 4 heteroatoms. The van der Waals surface area contributed by atoms with E-state index in [4.69, 9.17) is 5.73 Å². The van der Waals surface area contributed by atoms with Crippen molar-refractivity contribution in [1.29, 1.82) is 0 Å². The van der Waals surface area contributed by atoms with Crippen LogP contribution in [0.1, 0.15) is 46.0 Å². The standard InChI is InChI=1S/C13H27N3O/c1-10(2)15-13(17)8-9-16(3)12-7-5-4-6-11(12)14/h10-12H,4-9,14H2,1-3H3,(H,15,17). The molecule has 2 unspecified atom stereocenters. The van der Waals surface area contributed by atoms with Gasteiger partial charge in [-0.15, -0.1) is 0 Å². The summed E-state index contributed by atoms with van der Waals surface area (Å²) in [5.41, 5.74) is 6.12. The molecule has 0 aromatic heterocycles. The zero-order valence-corrected chi connectivity index (χ0v) is 11.4. The van der Waals surface area contributed by atoms with Crippen molar-refractivity contribution in [2.45, 2.75) is 64.1 Å². The first-order valence-electron chi connectivity index (χ1n) is 6.76. The second-order valence-electron chi connectivity index (χ2n) is 5.47. The summed E-state index contributed by atoms with van der Waals surface area (Å²) in [4.78, 5) is 13.8. The molecule has 0 saturated heterocycles. The van der Waals surface area contributed by atoms with Crippen LogP contribution in [0.3, 0.4) is 0 Å². The van der Waals surface area contributed by atoms with E-state index in [0.717, 1.165) is 13.0 Å². The van der Waals surface area contributed by atoms with Gasteiger partial charge in [0.2, 0.25) is 5.91 Å². The number of carbonyl (C=O) groups is 1. The minimum Gasteiger partial charge on any atom is -0.354 e. The maximum absolute atomic E-state index is 11.6. The van der Waals surface area contributed by atoms with Crippen molar-refractivity contribution in [3.63, 3.8) is 0 Å². The molecule has 17 heavy (non-hydrogen) atoms. The fourth-order valence-electron chi connectivity index (χ4n) is 2.53. The lowest BCUT2D eigenvalue weighted by Crippen LogP contribution is -2.48. The van der Waals surface area contributed by atoms with E-state index < -0.39 is 0 Å². The molecule has 1 saturated carbocycles. The summed E-state index contributed by atoms with van der Waals surface area (Å²) >= 11 is 0. The second kappa shape index (κ2) is 6.97. The summed E-state index contributed by atoms with van der Waals surface area (Å²) in [6.07, 6.45) is 5.37. The first kappa shape index (κ1) is 14.5. The van der Waals surface area contributed by atoms with Gasteiger partial charge < -0.3 is 16.0 Å². The third-order valence-electron chi connectivity index (χ3n) is 3.49. The van der Waals surface area contributed by atoms with Gasteiger partial charge in [-0.2, -0.15) is 0 Å². The Morgan fingerprint density at radius 1 is 1.41 bits per heavy atom. The Kier molecular flexibility index (Phi) is 5.92. The summed E-state index contributed by atoms with van der Waals surface area (Å²) in [5, 5.41) is 2.92. The van der Waals surface area contributed by atoms with Gasteiger partial charge in [-0.25, -0.2) is 0 Å². The van der Waals surface area contributed by atoms with E-state index in [9.17, 15) is 4.79 Å². The number of rotatable bonds is 5. The third-order valence-corrected chi connectivity index (χ3v) is 3.49. The number of hydrogen-bond donors (Lipinski definition) is 2. The van der Waals surface area contributed by atoms with E-state index in [2.05, 4.69) is 17.3 Å². The summed E-state index contributed by atoms with van der Waals surface area (Å²) in [5.74, 6) is 0.135. The number of carbonyl (C=O) groups excluding carboxylic acids is 1. The van der Waals surface area contributed by atoms with Gasteiger partial charge in [0.1, 0.15) is 0 Å². The number of likely N-dealkylation sites (N-methyl/N-ethyl adjacent to an activating group) is 1. The molecule has 0 bridgehead atoms. The van der Waals surface area contributed by atoms with Crippen molar-refractivity contribution in [3.05, 3.63) is 0 Å². The van der Waals surface area contributed by atoms with Crippen LogP contribution in [0, 0.1) is 0 Å². The van der Waals surface area contributed by atoms with Crippen molar-refractivity contribution in [2.24, 2.45) is 5.73 Å². The molecule has 0 heterocycles. The van der Waals surface area contributed by atoms with Crippen LogP contribution in [0.5, 0.6) is 0 Å². The molecule has 4 nitrogen and oxygen atoms in total. The van der Waals surface area contributed by atoms with Crippen LogP contribution in [0.15, 0.2) is 0 Å². The minimum atomic E-state index is 0.135. The molecule has 0 aromatic carbocycles. The highest BCUT2D eigenvalue weighted by atomic mass is 16.1. The highest BCUT2D eigenvalue weighted by Crippen LogP contribution is 2.20. The predicted octanol–water partition coefficient (Wildman–Crippen LogP) is 1.10. The van der Waals surface area contributed by atoms with E-state index in [1.807, 2.05) is 13.8 Å². The molecular weight excluding hydrogens is 214 g/mol. The van der Waals surface area contributed by atoms with Gasteiger partial charge in [-0.1, -0.05) is 12.8 Å². The van der Waals surface area contributed by atoms with E-state index in [-0.39, 0.29) is 18.0 Å². The molecule has 2 atom stereocenters. The molecule has 0 radical (unpaired) electrons. The predicted molar refractivity (Wildman–Crippen MR) is 70.8 cm³/mol. The number of amides is 1. The summed E-state index contributed by atoms with van der Waals surface area (Å²) < 4.78 is 0. The van der Waals surface area contributed by atoms with Gasteiger partial charge in [-0.3, -0.25) is 4.79 Å². The molecule has 0 spiro atoms. The molecule has 1 aliphatic rings. The molecule has 3 N–H and O–H groups in total. The van der Waals surface area contributed by atoms with Gasteiger partial charge in [-0.05, 0) is 33.7 Å². The van der Waals surface area contributed by atoms with Crippen molar-refractivity contribution in [1.82, 2.24) is 10.2 Å². The van der Waals surface area contributed by atoms with E-state index in [1.54, 1.807) is 0 Å². The van der Waals surface area contributed by atoms with E-state index >= 15 is 0 Å². The molecule has 1 fully saturated rings. The van der Waals surface area contributed by atoms with Crippen LogP contribution in [-0.2, 0) is 4.79 Å². The fourth-order valence-corrected chi connectivity index (χ4v) is 2.53. The van der Waals surface area contributed by atoms with Crippen molar-refractivity contribution in [2.75, 3.05) is 13.6 Å². The monoisotopic (exact) mass is 241 g/mol. The van der Waals surface area contributed by atoms with Crippen LogP contribution in [0.2, 0.25) is 0 Å². The first-order chi connectivity index (χ1) is 8.00. The molecular formula is C13H27N3O.